The number of carbonyl (C=O) groups is 1. The molecule has 1 amide bonds. The van der Waals surface area contributed by atoms with E-state index in [4.69, 9.17) is 16.1 Å². The number of nitrogens with zero attached hydrogens (tertiary/aromatic N) is 1. The van der Waals surface area contributed by atoms with Crippen LogP contribution in [-0.2, 0) is 0 Å². The van der Waals surface area contributed by atoms with Crippen LogP contribution in [0.4, 0.5) is 0 Å². The Balaban J connectivity index is 1.75. The summed E-state index contributed by atoms with van der Waals surface area (Å²) in [4.78, 5) is 12.6. The monoisotopic (exact) mass is 356 g/mol. The van der Waals surface area contributed by atoms with E-state index in [1.807, 2.05) is 30.3 Å². The Kier molecular flexibility index (Phi) is 5.16. The van der Waals surface area contributed by atoms with E-state index in [-0.39, 0.29) is 12.5 Å². The minimum Gasteiger partial charge on any atom is -0.387 e. The Morgan fingerprint density at radius 3 is 2.72 bits per heavy atom. The number of aliphatic hydroxyl groups excluding tert-OH is 1. The second-order valence-corrected chi connectivity index (χ2v) is 6.05. The molecule has 0 unspecified atom stereocenters. The Hall–Kier alpha value is -2.63. The number of amides is 1. The van der Waals surface area contributed by atoms with E-state index in [2.05, 4.69) is 10.5 Å². The molecule has 3 rings (SSSR count). The molecule has 0 saturated heterocycles. The third-order valence-electron chi connectivity index (χ3n) is 3.83. The Bertz CT molecular complexity index is 877. The normalized spacial score (nSPS) is 12.0. The SMILES string of the molecule is Cc1onc(-c2ccccc2)c1C(=O)NC[C@@H](O)c1cccc(Cl)c1. The third kappa shape index (κ3) is 3.90. The molecule has 25 heavy (non-hydrogen) atoms. The number of carbonyl (C=O) groups excluding carboxylic acids is 1. The molecule has 1 aromatic heterocycles. The average Bonchev–Trinajstić information content (AvgIpc) is 3.02. The maximum absolute atomic E-state index is 12.6. The number of hydrogen-bond donors (Lipinski definition) is 2. The summed E-state index contributed by atoms with van der Waals surface area (Å²) >= 11 is 5.92. The summed E-state index contributed by atoms with van der Waals surface area (Å²) in [5, 5.41) is 17.5. The molecule has 5 nitrogen and oxygen atoms in total. The molecule has 0 fully saturated rings. The smallest absolute Gasteiger partial charge is 0.257 e. The molecule has 0 aliphatic carbocycles. The molecule has 0 saturated carbocycles. The lowest BCUT2D eigenvalue weighted by Gasteiger charge is -2.12. The Labute approximate surface area is 150 Å². The van der Waals surface area contributed by atoms with Crippen molar-refractivity contribution in [3.63, 3.8) is 0 Å². The number of nitrogens with one attached hydrogen (secondary N) is 1. The number of hydrogen-bond acceptors (Lipinski definition) is 4. The first kappa shape index (κ1) is 17.2. The van der Waals surface area contributed by atoms with Crippen molar-refractivity contribution in [3.05, 3.63) is 76.5 Å². The van der Waals surface area contributed by atoms with Gasteiger partial charge in [0, 0.05) is 17.1 Å². The standard InChI is InChI=1S/C19H17ClN2O3/c1-12-17(18(22-25-12)13-6-3-2-4-7-13)19(24)21-11-16(23)14-8-5-9-15(20)10-14/h2-10,16,23H,11H2,1H3,(H,21,24)/t16-/m1/s1. The Morgan fingerprint density at radius 1 is 1.24 bits per heavy atom. The van der Waals surface area contributed by atoms with Crippen LogP contribution >= 0.6 is 11.6 Å². The summed E-state index contributed by atoms with van der Waals surface area (Å²) in [5.41, 5.74) is 2.27. The lowest BCUT2D eigenvalue weighted by Crippen LogP contribution is -2.29. The van der Waals surface area contributed by atoms with Crippen LogP contribution in [-0.4, -0.2) is 22.7 Å². The van der Waals surface area contributed by atoms with Gasteiger partial charge in [0.1, 0.15) is 17.0 Å². The van der Waals surface area contributed by atoms with Crippen LogP contribution in [0.1, 0.15) is 27.8 Å². The van der Waals surface area contributed by atoms with Gasteiger partial charge in [0.2, 0.25) is 0 Å². The van der Waals surface area contributed by atoms with Crippen LogP contribution in [0.5, 0.6) is 0 Å². The van der Waals surface area contributed by atoms with Crippen LogP contribution < -0.4 is 5.32 Å². The van der Waals surface area contributed by atoms with Crippen LogP contribution in [0.2, 0.25) is 5.02 Å². The molecule has 0 radical (unpaired) electrons. The quantitative estimate of drug-likeness (QED) is 0.729. The van der Waals surface area contributed by atoms with Gasteiger partial charge < -0.3 is 14.9 Å². The number of aromatic nitrogens is 1. The molecule has 0 aliphatic rings. The van der Waals surface area contributed by atoms with E-state index in [0.717, 1.165) is 5.56 Å². The van der Waals surface area contributed by atoms with E-state index < -0.39 is 6.10 Å². The van der Waals surface area contributed by atoms with Crippen molar-refractivity contribution in [2.45, 2.75) is 13.0 Å². The largest absolute Gasteiger partial charge is 0.387 e. The first-order chi connectivity index (χ1) is 12.1. The fourth-order valence-corrected chi connectivity index (χ4v) is 2.74. The number of halogens is 1. The number of aryl methyl sites for hydroxylation is 1. The van der Waals surface area contributed by atoms with Gasteiger partial charge in [0.05, 0.1) is 6.10 Å². The third-order valence-corrected chi connectivity index (χ3v) is 4.06. The second-order valence-electron chi connectivity index (χ2n) is 5.61. The fourth-order valence-electron chi connectivity index (χ4n) is 2.54. The molecule has 2 aromatic carbocycles. The van der Waals surface area contributed by atoms with Crippen LogP contribution in [0, 0.1) is 6.92 Å². The van der Waals surface area contributed by atoms with E-state index in [1.165, 1.54) is 0 Å². The Morgan fingerprint density at radius 2 is 2.00 bits per heavy atom. The minimum absolute atomic E-state index is 0.0536. The maximum Gasteiger partial charge on any atom is 0.257 e. The molecule has 3 aromatic rings. The first-order valence-corrected chi connectivity index (χ1v) is 8.17. The minimum atomic E-state index is -0.858. The van der Waals surface area contributed by atoms with Gasteiger partial charge in [-0.1, -0.05) is 59.2 Å². The van der Waals surface area contributed by atoms with Gasteiger partial charge in [-0.2, -0.15) is 0 Å². The maximum atomic E-state index is 12.6. The fraction of sp³-hybridized carbons (Fsp3) is 0.158. The van der Waals surface area contributed by atoms with Crippen molar-refractivity contribution in [2.75, 3.05) is 6.54 Å². The first-order valence-electron chi connectivity index (χ1n) is 7.79. The summed E-state index contributed by atoms with van der Waals surface area (Å²) in [7, 11) is 0. The van der Waals surface area contributed by atoms with E-state index >= 15 is 0 Å². The lowest BCUT2D eigenvalue weighted by atomic mass is 10.1. The topological polar surface area (TPSA) is 75.4 Å². The van der Waals surface area contributed by atoms with Gasteiger partial charge >= 0.3 is 0 Å². The number of aliphatic hydroxyl groups is 1. The summed E-state index contributed by atoms with van der Waals surface area (Å²) in [5.74, 6) is 0.0762. The molecule has 0 spiro atoms. The molecule has 6 heteroatoms. The molecule has 1 heterocycles. The van der Waals surface area contributed by atoms with Crippen molar-refractivity contribution in [1.29, 1.82) is 0 Å². The molecule has 0 aliphatic heterocycles. The number of rotatable bonds is 5. The summed E-state index contributed by atoms with van der Waals surface area (Å²) in [6, 6.07) is 16.2. The van der Waals surface area contributed by atoms with Gasteiger partial charge in [0.25, 0.3) is 5.91 Å². The zero-order valence-electron chi connectivity index (χ0n) is 13.6. The predicted molar refractivity (Wildman–Crippen MR) is 95.4 cm³/mol. The molecule has 0 bridgehead atoms. The van der Waals surface area contributed by atoms with Crippen molar-refractivity contribution < 1.29 is 14.4 Å². The zero-order valence-corrected chi connectivity index (χ0v) is 14.3. The van der Waals surface area contributed by atoms with E-state index in [1.54, 1.807) is 31.2 Å². The van der Waals surface area contributed by atoms with Gasteiger partial charge in [-0.25, -0.2) is 0 Å². The molecule has 128 valence electrons. The summed E-state index contributed by atoms with van der Waals surface area (Å²) < 4.78 is 5.19. The van der Waals surface area contributed by atoms with Crippen molar-refractivity contribution in [2.24, 2.45) is 0 Å². The van der Waals surface area contributed by atoms with Crippen LogP contribution in [0.25, 0.3) is 11.3 Å². The van der Waals surface area contributed by atoms with Gasteiger partial charge in [-0.15, -0.1) is 0 Å². The van der Waals surface area contributed by atoms with Crippen LogP contribution in [0.15, 0.2) is 59.1 Å². The molecular weight excluding hydrogens is 340 g/mol. The van der Waals surface area contributed by atoms with E-state index in [9.17, 15) is 9.90 Å². The van der Waals surface area contributed by atoms with Crippen molar-refractivity contribution in [3.8, 4) is 11.3 Å². The highest BCUT2D eigenvalue weighted by molar-refractivity contribution is 6.30. The zero-order chi connectivity index (χ0) is 17.8. The molecular formula is C19H17ClN2O3. The highest BCUT2D eigenvalue weighted by Crippen LogP contribution is 2.25. The second kappa shape index (κ2) is 7.51. The molecule has 2 N–H and O–H groups in total. The van der Waals surface area contributed by atoms with Crippen molar-refractivity contribution in [1.82, 2.24) is 10.5 Å². The summed E-state index contributed by atoms with van der Waals surface area (Å²) in [6.07, 6.45) is -0.858. The summed E-state index contributed by atoms with van der Waals surface area (Å²) in [6.45, 7) is 1.74. The van der Waals surface area contributed by atoms with Gasteiger partial charge in [0.15, 0.2) is 0 Å². The highest BCUT2D eigenvalue weighted by Gasteiger charge is 2.22. The van der Waals surface area contributed by atoms with Crippen molar-refractivity contribution >= 4 is 17.5 Å². The molecule has 1 atom stereocenters. The van der Waals surface area contributed by atoms with E-state index in [0.29, 0.717) is 27.6 Å². The van der Waals surface area contributed by atoms with Crippen LogP contribution in [0.3, 0.4) is 0 Å². The van der Waals surface area contributed by atoms with Gasteiger partial charge in [-0.3, -0.25) is 4.79 Å². The predicted octanol–water partition coefficient (Wildman–Crippen LogP) is 3.77. The van der Waals surface area contributed by atoms with Gasteiger partial charge in [-0.05, 0) is 24.6 Å². The average molecular weight is 357 g/mol. The number of benzene rings is 2. The highest BCUT2D eigenvalue weighted by atomic mass is 35.5. The lowest BCUT2D eigenvalue weighted by molar-refractivity contribution is 0.0915.